The first kappa shape index (κ1) is 11.0. The second kappa shape index (κ2) is 8.06. The van der Waals surface area contributed by atoms with Gasteiger partial charge in [-0.3, -0.25) is 0 Å². The maximum atomic E-state index is 8.32. The highest BCUT2D eigenvalue weighted by molar-refractivity contribution is 5.83. The van der Waals surface area contributed by atoms with Crippen molar-refractivity contribution in [3.05, 3.63) is 0 Å². The summed E-state index contributed by atoms with van der Waals surface area (Å²) in [6, 6.07) is 2.11. The number of hydrogen-bond acceptors (Lipinski definition) is 3. The molecule has 0 heterocycles. The number of rotatable bonds is 6. The van der Waals surface area contributed by atoms with E-state index in [0.717, 1.165) is 31.4 Å². The summed E-state index contributed by atoms with van der Waals surface area (Å²) in [4.78, 5) is 4.69. The van der Waals surface area contributed by atoms with E-state index < -0.39 is 0 Å². The van der Waals surface area contributed by atoms with Gasteiger partial charge < -0.3 is 4.84 Å². The minimum Gasteiger partial charge on any atom is -0.399 e. The molecule has 0 amide bonds. The Morgan fingerprint density at radius 3 is 2.75 bits per heavy atom. The zero-order valence-electron chi connectivity index (χ0n) is 7.84. The molecule has 0 atom stereocenters. The largest absolute Gasteiger partial charge is 0.399 e. The summed E-state index contributed by atoms with van der Waals surface area (Å²) in [6.07, 6.45) is 4.42. The Bertz CT molecular complexity index is 170. The van der Waals surface area contributed by atoms with Gasteiger partial charge >= 0.3 is 0 Å². The van der Waals surface area contributed by atoms with Crippen LogP contribution in [0.1, 0.15) is 39.0 Å². The molecule has 0 aromatic rings. The van der Waals surface area contributed by atoms with Crippen LogP contribution in [0.4, 0.5) is 0 Å². The van der Waals surface area contributed by atoms with Gasteiger partial charge in [0.2, 0.25) is 0 Å². The van der Waals surface area contributed by atoms with E-state index in [-0.39, 0.29) is 0 Å². The maximum Gasteiger partial charge on any atom is 0.106 e. The van der Waals surface area contributed by atoms with E-state index in [4.69, 9.17) is 10.1 Å². The standard InChI is InChI=1S/C9H16N2O/c1-3-6-9(11-12-2)7-4-5-8-10/h3-7H2,1-2H3. The average molecular weight is 168 g/mol. The predicted octanol–water partition coefficient (Wildman–Crippen LogP) is 2.48. The molecular weight excluding hydrogens is 152 g/mol. The summed E-state index contributed by atoms with van der Waals surface area (Å²) in [5.74, 6) is 0. The highest BCUT2D eigenvalue weighted by Gasteiger charge is 1.98. The second-order valence-corrected chi connectivity index (χ2v) is 2.60. The van der Waals surface area contributed by atoms with Crippen LogP contribution in [0.25, 0.3) is 0 Å². The van der Waals surface area contributed by atoms with Crippen molar-refractivity contribution in [1.82, 2.24) is 0 Å². The van der Waals surface area contributed by atoms with Crippen molar-refractivity contribution in [2.75, 3.05) is 7.11 Å². The lowest BCUT2D eigenvalue weighted by molar-refractivity contribution is 0.211. The van der Waals surface area contributed by atoms with E-state index in [0.29, 0.717) is 6.42 Å². The third-order valence-electron chi connectivity index (χ3n) is 1.51. The predicted molar refractivity (Wildman–Crippen MR) is 48.8 cm³/mol. The number of hydrogen-bond donors (Lipinski definition) is 0. The molecule has 0 fully saturated rings. The Morgan fingerprint density at radius 2 is 2.25 bits per heavy atom. The molecule has 0 aliphatic carbocycles. The Kier molecular flexibility index (Phi) is 7.36. The van der Waals surface area contributed by atoms with Crippen molar-refractivity contribution in [2.24, 2.45) is 5.16 Å². The van der Waals surface area contributed by atoms with Crippen LogP contribution < -0.4 is 0 Å². The topological polar surface area (TPSA) is 45.4 Å². The molecule has 0 aliphatic rings. The zero-order chi connectivity index (χ0) is 9.23. The number of unbranched alkanes of at least 4 members (excludes halogenated alkanes) is 1. The first-order valence-electron chi connectivity index (χ1n) is 4.31. The third-order valence-corrected chi connectivity index (χ3v) is 1.51. The number of nitrogens with zero attached hydrogens (tertiary/aromatic N) is 2. The van der Waals surface area contributed by atoms with Gasteiger partial charge in [-0.05, 0) is 19.3 Å². The molecule has 0 radical (unpaired) electrons. The van der Waals surface area contributed by atoms with Gasteiger partial charge in [0.25, 0.3) is 0 Å². The van der Waals surface area contributed by atoms with Gasteiger partial charge in [0.1, 0.15) is 7.11 Å². The second-order valence-electron chi connectivity index (χ2n) is 2.60. The molecule has 0 bridgehead atoms. The first-order valence-corrected chi connectivity index (χ1v) is 4.31. The monoisotopic (exact) mass is 168 g/mol. The molecule has 0 spiro atoms. The number of oxime groups is 1. The average Bonchev–Trinajstić information content (AvgIpc) is 2.06. The number of nitriles is 1. The molecule has 3 heteroatoms. The Balaban J connectivity index is 3.65. The van der Waals surface area contributed by atoms with Crippen LogP contribution in [-0.4, -0.2) is 12.8 Å². The van der Waals surface area contributed by atoms with Gasteiger partial charge in [-0.1, -0.05) is 18.5 Å². The highest BCUT2D eigenvalue weighted by Crippen LogP contribution is 2.03. The van der Waals surface area contributed by atoms with Gasteiger partial charge in [0.15, 0.2) is 0 Å². The van der Waals surface area contributed by atoms with Crippen LogP contribution in [0.15, 0.2) is 5.16 Å². The highest BCUT2D eigenvalue weighted by atomic mass is 16.6. The van der Waals surface area contributed by atoms with Crippen LogP contribution in [0.5, 0.6) is 0 Å². The minimum absolute atomic E-state index is 0.604. The molecule has 0 aromatic heterocycles. The van der Waals surface area contributed by atoms with E-state index in [2.05, 4.69) is 18.1 Å². The summed E-state index contributed by atoms with van der Waals surface area (Å²) in [6.45, 7) is 2.11. The zero-order valence-corrected chi connectivity index (χ0v) is 7.84. The fraction of sp³-hybridized carbons (Fsp3) is 0.778. The van der Waals surface area contributed by atoms with Gasteiger partial charge in [-0.2, -0.15) is 5.26 Å². The molecule has 68 valence electrons. The summed E-state index contributed by atoms with van der Waals surface area (Å²) in [7, 11) is 1.56. The SMILES string of the molecule is CCCC(CCCC#N)=NOC. The lowest BCUT2D eigenvalue weighted by Crippen LogP contribution is -1.98. The normalized spacial score (nSPS) is 10.9. The van der Waals surface area contributed by atoms with E-state index in [1.807, 2.05) is 0 Å². The summed E-state index contributed by atoms with van der Waals surface area (Å²) >= 11 is 0. The van der Waals surface area contributed by atoms with Crippen LogP contribution >= 0.6 is 0 Å². The molecule has 0 saturated heterocycles. The molecule has 0 N–H and O–H groups in total. The van der Waals surface area contributed by atoms with Crippen molar-refractivity contribution in [1.29, 1.82) is 5.26 Å². The molecule has 0 aliphatic heterocycles. The van der Waals surface area contributed by atoms with Gasteiger partial charge in [0.05, 0.1) is 11.8 Å². The summed E-state index contributed by atoms with van der Waals surface area (Å²) < 4.78 is 0. The molecule has 0 rings (SSSR count). The van der Waals surface area contributed by atoms with Gasteiger partial charge in [0, 0.05) is 6.42 Å². The Labute approximate surface area is 74.0 Å². The molecule has 0 saturated carbocycles. The molecular formula is C9H16N2O. The Hall–Kier alpha value is -1.04. The lowest BCUT2D eigenvalue weighted by atomic mass is 10.1. The van der Waals surface area contributed by atoms with Crippen LogP contribution in [0.2, 0.25) is 0 Å². The van der Waals surface area contributed by atoms with Crippen molar-refractivity contribution in [3.8, 4) is 6.07 Å². The van der Waals surface area contributed by atoms with E-state index in [1.54, 1.807) is 7.11 Å². The van der Waals surface area contributed by atoms with Crippen molar-refractivity contribution < 1.29 is 4.84 Å². The van der Waals surface area contributed by atoms with Crippen molar-refractivity contribution >= 4 is 5.71 Å². The fourth-order valence-corrected chi connectivity index (χ4v) is 1.01. The molecule has 12 heavy (non-hydrogen) atoms. The van der Waals surface area contributed by atoms with E-state index >= 15 is 0 Å². The van der Waals surface area contributed by atoms with Crippen LogP contribution in [-0.2, 0) is 4.84 Å². The van der Waals surface area contributed by atoms with Crippen LogP contribution in [0.3, 0.4) is 0 Å². The smallest absolute Gasteiger partial charge is 0.106 e. The summed E-state index contributed by atoms with van der Waals surface area (Å²) in [5, 5.41) is 12.2. The van der Waals surface area contributed by atoms with Crippen molar-refractivity contribution in [2.45, 2.75) is 39.0 Å². The first-order chi connectivity index (χ1) is 5.85. The molecule has 0 aromatic carbocycles. The molecule has 0 unspecified atom stereocenters. The quantitative estimate of drug-likeness (QED) is 0.347. The minimum atomic E-state index is 0.604. The van der Waals surface area contributed by atoms with Gasteiger partial charge in [-0.15, -0.1) is 0 Å². The van der Waals surface area contributed by atoms with E-state index in [1.165, 1.54) is 0 Å². The molecule has 3 nitrogen and oxygen atoms in total. The van der Waals surface area contributed by atoms with E-state index in [9.17, 15) is 0 Å². The lowest BCUT2D eigenvalue weighted by Gasteiger charge is -2.01. The van der Waals surface area contributed by atoms with Crippen molar-refractivity contribution in [3.63, 3.8) is 0 Å². The van der Waals surface area contributed by atoms with Gasteiger partial charge in [-0.25, -0.2) is 0 Å². The fourth-order valence-electron chi connectivity index (χ4n) is 1.01. The van der Waals surface area contributed by atoms with Crippen LogP contribution in [0, 0.1) is 11.3 Å². The maximum absolute atomic E-state index is 8.32. The third kappa shape index (κ3) is 5.72. The Morgan fingerprint density at radius 1 is 1.50 bits per heavy atom. The summed E-state index contributed by atoms with van der Waals surface area (Å²) in [5.41, 5.74) is 1.07.